The minimum absolute atomic E-state index is 0.513. The Balaban J connectivity index is 2.10. The van der Waals surface area contributed by atoms with Crippen molar-refractivity contribution in [2.75, 3.05) is 0 Å². The fourth-order valence-corrected chi connectivity index (χ4v) is 3.32. The minimum atomic E-state index is 0.513. The van der Waals surface area contributed by atoms with Gasteiger partial charge in [0.2, 0.25) is 0 Å². The first-order valence-electron chi connectivity index (χ1n) is 7.09. The molecule has 1 heterocycles. The summed E-state index contributed by atoms with van der Waals surface area (Å²) in [5, 5.41) is 2.74. The Morgan fingerprint density at radius 1 is 0.842 bits per heavy atom. The van der Waals surface area contributed by atoms with Gasteiger partial charge in [-0.15, -0.1) is 0 Å². The molecule has 1 heteroatoms. The Kier molecular flexibility index (Phi) is 2.44. The molecule has 94 valence electrons. The average Bonchev–Trinajstić information content (AvgIpc) is 2.83. The fourth-order valence-electron chi connectivity index (χ4n) is 3.32. The van der Waals surface area contributed by atoms with Crippen molar-refractivity contribution in [2.24, 2.45) is 0 Å². The molecule has 1 aromatic heterocycles. The number of nitrogens with zero attached hydrogens (tertiary/aromatic N) is 1. The Hall–Kier alpha value is -2.02. The van der Waals surface area contributed by atoms with Crippen LogP contribution in [-0.4, -0.2) is 4.57 Å². The van der Waals surface area contributed by atoms with Crippen LogP contribution in [0.25, 0.3) is 21.8 Å². The first-order chi connectivity index (χ1) is 9.45. The number of hydrogen-bond acceptors (Lipinski definition) is 0. The second-order valence-corrected chi connectivity index (χ2v) is 5.33. The van der Waals surface area contributed by atoms with Crippen LogP contribution in [0.2, 0.25) is 0 Å². The molecule has 1 aliphatic carbocycles. The molecular weight excluding hydrogens is 230 g/mol. The zero-order valence-corrected chi connectivity index (χ0v) is 10.9. The largest absolute Gasteiger partial charge is 0.333 e. The molecule has 0 bridgehead atoms. The topological polar surface area (TPSA) is 4.93 Å². The second-order valence-electron chi connectivity index (χ2n) is 5.33. The molecule has 3 aromatic rings. The molecule has 0 N–H and O–H groups in total. The summed E-state index contributed by atoms with van der Waals surface area (Å²) in [5.41, 5.74) is 2.72. The van der Waals surface area contributed by atoms with Crippen molar-refractivity contribution in [1.29, 1.82) is 0 Å². The highest BCUT2D eigenvalue weighted by atomic mass is 15.0. The Morgan fingerprint density at radius 2 is 1.47 bits per heavy atom. The van der Waals surface area contributed by atoms with Gasteiger partial charge in [0.1, 0.15) is 0 Å². The first-order valence-corrected chi connectivity index (χ1v) is 7.09. The summed E-state index contributed by atoms with van der Waals surface area (Å²) >= 11 is 0. The summed E-state index contributed by atoms with van der Waals surface area (Å²) in [7, 11) is 0. The number of fused-ring (bicyclic) bond motifs is 3. The van der Waals surface area contributed by atoms with Gasteiger partial charge in [-0.1, -0.05) is 48.6 Å². The summed E-state index contributed by atoms with van der Waals surface area (Å²) < 4.78 is 2.51. The molecule has 1 nitrogen and oxygen atoms in total. The van der Waals surface area contributed by atoms with E-state index in [0.29, 0.717) is 6.04 Å². The van der Waals surface area contributed by atoms with Gasteiger partial charge in [-0.2, -0.15) is 0 Å². The van der Waals surface area contributed by atoms with Crippen LogP contribution in [0.1, 0.15) is 25.3 Å². The SMILES string of the molecule is C1=C[C@H](n2c3ccccc3c3ccccc32)CCC1. The van der Waals surface area contributed by atoms with Gasteiger partial charge in [-0.05, 0) is 31.4 Å². The predicted molar refractivity (Wildman–Crippen MR) is 81.5 cm³/mol. The quantitative estimate of drug-likeness (QED) is 0.529. The molecule has 0 spiro atoms. The van der Waals surface area contributed by atoms with Crippen molar-refractivity contribution in [3.63, 3.8) is 0 Å². The summed E-state index contributed by atoms with van der Waals surface area (Å²) in [6, 6.07) is 18.0. The average molecular weight is 247 g/mol. The third kappa shape index (κ3) is 1.61. The standard InChI is InChI=1S/C18H17N/c1-2-8-14(9-3-1)19-17-12-6-4-10-15(17)16-11-5-7-13-18(16)19/h2,4-8,10-14H,1,3,9H2/t14-/m0/s1. The first kappa shape index (κ1) is 10.9. The minimum Gasteiger partial charge on any atom is -0.333 e. The van der Waals surface area contributed by atoms with Crippen molar-refractivity contribution >= 4 is 21.8 Å². The maximum Gasteiger partial charge on any atom is 0.0522 e. The lowest BCUT2D eigenvalue weighted by molar-refractivity contribution is 0.542. The smallest absolute Gasteiger partial charge is 0.0522 e. The number of allylic oxidation sites excluding steroid dienone is 2. The predicted octanol–water partition coefficient (Wildman–Crippen LogP) is 5.08. The molecule has 2 aromatic carbocycles. The summed E-state index contributed by atoms with van der Waals surface area (Å²) in [5.74, 6) is 0. The Labute approximate surface area is 113 Å². The molecule has 0 saturated carbocycles. The number of benzene rings is 2. The fraction of sp³-hybridized carbons (Fsp3) is 0.222. The number of hydrogen-bond donors (Lipinski definition) is 0. The van der Waals surface area contributed by atoms with Gasteiger partial charge in [0.05, 0.1) is 6.04 Å². The molecule has 0 aliphatic heterocycles. The van der Waals surface area contributed by atoms with Crippen LogP contribution in [0, 0.1) is 0 Å². The number of aromatic nitrogens is 1. The summed E-state index contributed by atoms with van der Waals surface area (Å²) in [6.45, 7) is 0. The van der Waals surface area contributed by atoms with Crippen molar-refractivity contribution in [1.82, 2.24) is 4.57 Å². The van der Waals surface area contributed by atoms with E-state index in [2.05, 4.69) is 65.3 Å². The van der Waals surface area contributed by atoms with Crippen LogP contribution in [0.3, 0.4) is 0 Å². The number of rotatable bonds is 1. The summed E-state index contributed by atoms with van der Waals surface area (Å²) in [4.78, 5) is 0. The maximum atomic E-state index is 2.51. The van der Waals surface area contributed by atoms with E-state index in [9.17, 15) is 0 Å². The highest BCUT2D eigenvalue weighted by molar-refractivity contribution is 6.08. The molecule has 0 saturated heterocycles. The van der Waals surface area contributed by atoms with Crippen molar-refractivity contribution in [3.05, 3.63) is 60.7 Å². The lowest BCUT2D eigenvalue weighted by atomic mass is 10.0. The van der Waals surface area contributed by atoms with E-state index in [-0.39, 0.29) is 0 Å². The van der Waals surface area contributed by atoms with Crippen LogP contribution < -0.4 is 0 Å². The van der Waals surface area contributed by atoms with Crippen molar-refractivity contribution in [3.8, 4) is 0 Å². The highest BCUT2D eigenvalue weighted by Gasteiger charge is 2.16. The second kappa shape index (κ2) is 4.27. The van der Waals surface area contributed by atoms with Gasteiger partial charge in [-0.25, -0.2) is 0 Å². The lowest BCUT2D eigenvalue weighted by Crippen LogP contribution is -2.08. The van der Waals surface area contributed by atoms with Crippen LogP contribution in [0.5, 0.6) is 0 Å². The van der Waals surface area contributed by atoms with E-state index < -0.39 is 0 Å². The van der Waals surface area contributed by atoms with Crippen LogP contribution in [0.15, 0.2) is 60.7 Å². The molecule has 1 aliphatic rings. The van der Waals surface area contributed by atoms with E-state index in [4.69, 9.17) is 0 Å². The third-order valence-corrected chi connectivity index (χ3v) is 4.18. The van der Waals surface area contributed by atoms with Gasteiger partial charge >= 0.3 is 0 Å². The number of para-hydroxylation sites is 2. The molecule has 19 heavy (non-hydrogen) atoms. The van der Waals surface area contributed by atoms with Gasteiger partial charge in [0.15, 0.2) is 0 Å². The van der Waals surface area contributed by atoms with E-state index in [0.717, 1.165) is 0 Å². The third-order valence-electron chi connectivity index (χ3n) is 4.18. The van der Waals surface area contributed by atoms with E-state index >= 15 is 0 Å². The van der Waals surface area contributed by atoms with E-state index in [1.165, 1.54) is 41.1 Å². The van der Waals surface area contributed by atoms with Crippen LogP contribution >= 0.6 is 0 Å². The zero-order valence-electron chi connectivity index (χ0n) is 10.9. The molecule has 0 radical (unpaired) electrons. The Morgan fingerprint density at radius 3 is 2.05 bits per heavy atom. The van der Waals surface area contributed by atoms with Gasteiger partial charge in [0.25, 0.3) is 0 Å². The molecular formula is C18H17N. The van der Waals surface area contributed by atoms with Gasteiger partial charge in [-0.3, -0.25) is 0 Å². The van der Waals surface area contributed by atoms with Crippen molar-refractivity contribution < 1.29 is 0 Å². The van der Waals surface area contributed by atoms with Crippen molar-refractivity contribution in [2.45, 2.75) is 25.3 Å². The van der Waals surface area contributed by atoms with Crippen LogP contribution in [0.4, 0.5) is 0 Å². The van der Waals surface area contributed by atoms with E-state index in [1.807, 2.05) is 0 Å². The Bertz CT molecular complexity index is 710. The highest BCUT2D eigenvalue weighted by Crippen LogP contribution is 2.34. The zero-order chi connectivity index (χ0) is 12.7. The molecule has 4 rings (SSSR count). The molecule has 0 unspecified atom stereocenters. The molecule has 1 atom stereocenters. The molecule has 0 fully saturated rings. The van der Waals surface area contributed by atoms with Gasteiger partial charge in [0, 0.05) is 21.8 Å². The lowest BCUT2D eigenvalue weighted by Gasteiger charge is -2.20. The molecule has 0 amide bonds. The summed E-state index contributed by atoms with van der Waals surface area (Å²) in [6.07, 6.45) is 8.48. The van der Waals surface area contributed by atoms with Gasteiger partial charge < -0.3 is 4.57 Å². The normalized spacial score (nSPS) is 19.3. The monoisotopic (exact) mass is 247 g/mol. The van der Waals surface area contributed by atoms with Crippen LogP contribution in [-0.2, 0) is 0 Å². The van der Waals surface area contributed by atoms with E-state index in [1.54, 1.807) is 0 Å². The maximum absolute atomic E-state index is 2.51.